The first kappa shape index (κ1) is 12.9. The molecule has 0 aliphatic carbocycles. The van der Waals surface area contributed by atoms with Gasteiger partial charge in [0.2, 0.25) is 0 Å². The Morgan fingerprint density at radius 2 is 1.82 bits per heavy atom. The Morgan fingerprint density at radius 3 is 2.29 bits per heavy atom. The summed E-state index contributed by atoms with van der Waals surface area (Å²) in [5, 5.41) is 8.57. The van der Waals surface area contributed by atoms with Gasteiger partial charge in [-0.1, -0.05) is 11.6 Å². The highest BCUT2D eigenvalue weighted by Gasteiger charge is 2.20. The van der Waals surface area contributed by atoms with Gasteiger partial charge in [-0.05, 0) is 6.07 Å². The van der Waals surface area contributed by atoms with Crippen LogP contribution in [0.15, 0.2) is 6.07 Å². The number of halogens is 1. The van der Waals surface area contributed by atoms with Gasteiger partial charge in [0.1, 0.15) is 11.2 Å². The number of pyridine rings is 1. The lowest BCUT2D eigenvalue weighted by Gasteiger charge is -2.05. The summed E-state index contributed by atoms with van der Waals surface area (Å²) in [6.07, 6.45) is 0. The molecule has 1 aromatic rings. The van der Waals surface area contributed by atoms with Crippen molar-refractivity contribution < 1.29 is 19.1 Å². The second-order valence-electron chi connectivity index (χ2n) is 2.82. The number of hydrogen-bond donors (Lipinski definition) is 0. The van der Waals surface area contributed by atoms with E-state index in [0.717, 1.165) is 20.3 Å². The topological polar surface area (TPSA) is 89.3 Å². The molecule has 0 aromatic carbocycles. The predicted octanol–water partition coefficient (Wildman–Crippen LogP) is 1.18. The second-order valence-corrected chi connectivity index (χ2v) is 3.18. The normalized spacial score (nSPS) is 9.29. The van der Waals surface area contributed by atoms with Crippen molar-refractivity contribution in [2.24, 2.45) is 0 Å². The molecule has 0 bridgehead atoms. The van der Waals surface area contributed by atoms with E-state index in [-0.39, 0.29) is 22.0 Å². The fourth-order valence-electron chi connectivity index (χ4n) is 1.09. The van der Waals surface area contributed by atoms with Crippen molar-refractivity contribution >= 4 is 23.5 Å². The molecule has 17 heavy (non-hydrogen) atoms. The standard InChI is InChI=1S/C10H7ClN2O4/c1-16-9(14)5-3-6(10(15)17-2)8(11)13-7(5)4-12/h3H,1-2H3. The van der Waals surface area contributed by atoms with E-state index in [2.05, 4.69) is 14.5 Å². The summed E-state index contributed by atoms with van der Waals surface area (Å²) in [5.41, 5.74) is -0.456. The lowest BCUT2D eigenvalue weighted by atomic mass is 10.1. The van der Waals surface area contributed by atoms with Gasteiger partial charge < -0.3 is 9.47 Å². The van der Waals surface area contributed by atoms with Crippen molar-refractivity contribution in [2.45, 2.75) is 0 Å². The SMILES string of the molecule is COC(=O)c1cc(C(=O)OC)c(C#N)nc1Cl. The molecular weight excluding hydrogens is 248 g/mol. The first-order valence-electron chi connectivity index (χ1n) is 4.32. The molecule has 1 rings (SSSR count). The van der Waals surface area contributed by atoms with Crippen LogP contribution in [0.5, 0.6) is 0 Å². The summed E-state index contributed by atoms with van der Waals surface area (Å²) < 4.78 is 8.92. The van der Waals surface area contributed by atoms with Crippen molar-refractivity contribution in [3.8, 4) is 6.07 Å². The van der Waals surface area contributed by atoms with Crippen LogP contribution in [-0.4, -0.2) is 31.1 Å². The lowest BCUT2D eigenvalue weighted by molar-refractivity contribution is 0.0598. The van der Waals surface area contributed by atoms with Crippen LogP contribution in [0, 0.1) is 11.3 Å². The molecule has 0 amide bonds. The number of nitriles is 1. The van der Waals surface area contributed by atoms with Gasteiger partial charge in [-0.15, -0.1) is 0 Å². The molecule has 0 saturated carbocycles. The Balaban J connectivity index is 3.44. The Hall–Kier alpha value is -2.13. The van der Waals surface area contributed by atoms with Crippen LogP contribution >= 0.6 is 11.6 Å². The third-order valence-electron chi connectivity index (χ3n) is 1.89. The second kappa shape index (κ2) is 5.27. The number of rotatable bonds is 2. The molecule has 7 heteroatoms. The first-order valence-corrected chi connectivity index (χ1v) is 4.70. The fourth-order valence-corrected chi connectivity index (χ4v) is 1.31. The zero-order chi connectivity index (χ0) is 13.0. The number of esters is 2. The minimum absolute atomic E-state index is 0.103. The average molecular weight is 255 g/mol. The van der Waals surface area contributed by atoms with Gasteiger partial charge in [0.15, 0.2) is 5.69 Å². The van der Waals surface area contributed by atoms with Crippen molar-refractivity contribution in [3.63, 3.8) is 0 Å². The Bertz CT molecular complexity index is 522. The maximum atomic E-state index is 11.4. The molecule has 1 heterocycles. The number of ether oxygens (including phenoxy) is 2. The van der Waals surface area contributed by atoms with Crippen molar-refractivity contribution in [2.75, 3.05) is 14.2 Å². The fraction of sp³-hybridized carbons (Fsp3) is 0.200. The van der Waals surface area contributed by atoms with Gasteiger partial charge in [-0.2, -0.15) is 5.26 Å². The lowest BCUT2D eigenvalue weighted by Crippen LogP contribution is -2.11. The number of carbonyl (C=O) groups excluding carboxylic acids is 2. The smallest absolute Gasteiger partial charge is 0.341 e. The summed E-state index contributed by atoms with van der Waals surface area (Å²) in [4.78, 5) is 26.3. The molecule has 0 aliphatic heterocycles. The molecular formula is C10H7ClN2O4. The average Bonchev–Trinajstić information content (AvgIpc) is 2.36. The maximum Gasteiger partial charge on any atom is 0.341 e. The van der Waals surface area contributed by atoms with Crippen LogP contribution in [0.2, 0.25) is 5.15 Å². The summed E-state index contributed by atoms with van der Waals surface area (Å²) in [5.74, 6) is -1.53. The van der Waals surface area contributed by atoms with E-state index in [1.54, 1.807) is 6.07 Å². The Morgan fingerprint density at radius 1 is 1.29 bits per heavy atom. The van der Waals surface area contributed by atoms with E-state index in [1.165, 1.54) is 0 Å². The van der Waals surface area contributed by atoms with Crippen LogP contribution in [0.25, 0.3) is 0 Å². The molecule has 0 unspecified atom stereocenters. The molecule has 1 aromatic heterocycles. The molecule has 0 N–H and O–H groups in total. The van der Waals surface area contributed by atoms with E-state index in [9.17, 15) is 9.59 Å². The molecule has 0 saturated heterocycles. The number of methoxy groups -OCH3 is 2. The van der Waals surface area contributed by atoms with Gasteiger partial charge in [0, 0.05) is 0 Å². The number of nitrogens with zero attached hydrogens (tertiary/aromatic N) is 2. The highest BCUT2D eigenvalue weighted by Crippen LogP contribution is 2.19. The quantitative estimate of drug-likeness (QED) is 0.581. The van der Waals surface area contributed by atoms with Crippen molar-refractivity contribution in [1.82, 2.24) is 4.98 Å². The molecule has 0 aliphatic rings. The maximum absolute atomic E-state index is 11.4. The summed E-state index contributed by atoms with van der Waals surface area (Å²) in [7, 11) is 2.31. The predicted molar refractivity (Wildman–Crippen MR) is 56.6 cm³/mol. The van der Waals surface area contributed by atoms with Crippen LogP contribution in [0.4, 0.5) is 0 Å². The molecule has 0 radical (unpaired) electrons. The van der Waals surface area contributed by atoms with Crippen molar-refractivity contribution in [3.05, 3.63) is 28.0 Å². The minimum atomic E-state index is -0.782. The number of aromatic nitrogens is 1. The van der Waals surface area contributed by atoms with Gasteiger partial charge in [0.25, 0.3) is 0 Å². The van der Waals surface area contributed by atoms with Gasteiger partial charge >= 0.3 is 11.9 Å². The summed E-state index contributed by atoms with van der Waals surface area (Å²) in [6.45, 7) is 0. The largest absolute Gasteiger partial charge is 0.465 e. The van der Waals surface area contributed by atoms with Gasteiger partial charge in [0.05, 0.1) is 25.3 Å². The number of hydrogen-bond acceptors (Lipinski definition) is 6. The molecule has 0 atom stereocenters. The van der Waals surface area contributed by atoms with Gasteiger partial charge in [-0.25, -0.2) is 14.6 Å². The van der Waals surface area contributed by atoms with Gasteiger partial charge in [-0.3, -0.25) is 0 Å². The van der Waals surface area contributed by atoms with Crippen LogP contribution in [0.3, 0.4) is 0 Å². The molecule has 6 nitrogen and oxygen atoms in total. The zero-order valence-corrected chi connectivity index (χ0v) is 9.74. The number of carbonyl (C=O) groups is 2. The van der Waals surface area contributed by atoms with E-state index < -0.39 is 11.9 Å². The molecule has 0 spiro atoms. The highest BCUT2D eigenvalue weighted by atomic mass is 35.5. The van der Waals surface area contributed by atoms with E-state index in [1.807, 2.05) is 0 Å². The molecule has 0 fully saturated rings. The Labute approximate surface area is 102 Å². The van der Waals surface area contributed by atoms with Crippen LogP contribution in [-0.2, 0) is 9.47 Å². The first-order chi connectivity index (χ1) is 8.04. The van der Waals surface area contributed by atoms with Crippen LogP contribution in [0.1, 0.15) is 26.4 Å². The minimum Gasteiger partial charge on any atom is -0.465 e. The van der Waals surface area contributed by atoms with E-state index >= 15 is 0 Å². The molecule has 88 valence electrons. The summed E-state index contributed by atoms with van der Waals surface area (Å²) >= 11 is 5.69. The Kier molecular flexibility index (Phi) is 4.01. The van der Waals surface area contributed by atoms with Crippen molar-refractivity contribution in [1.29, 1.82) is 5.26 Å². The van der Waals surface area contributed by atoms with E-state index in [0.29, 0.717) is 0 Å². The van der Waals surface area contributed by atoms with Crippen LogP contribution < -0.4 is 0 Å². The van der Waals surface area contributed by atoms with E-state index in [4.69, 9.17) is 16.9 Å². The summed E-state index contributed by atoms with van der Waals surface area (Å²) in [6, 6.07) is 2.80. The monoisotopic (exact) mass is 254 g/mol. The third kappa shape index (κ3) is 2.52. The third-order valence-corrected chi connectivity index (χ3v) is 2.18. The highest BCUT2D eigenvalue weighted by molar-refractivity contribution is 6.32. The zero-order valence-electron chi connectivity index (χ0n) is 8.98.